The quantitative estimate of drug-likeness (QED) is 0.514. The number of anilines is 1. The van der Waals surface area contributed by atoms with Gasteiger partial charge >= 0.3 is 0 Å². The van der Waals surface area contributed by atoms with Crippen LogP contribution in [0.1, 0.15) is 29.3 Å². The number of nitrogens with zero attached hydrogens (tertiary/aromatic N) is 3. The summed E-state index contributed by atoms with van der Waals surface area (Å²) in [6.07, 6.45) is 7.39. The molecule has 1 aromatic carbocycles. The molecule has 3 rings (SSSR count). The summed E-state index contributed by atoms with van der Waals surface area (Å²) in [4.78, 5) is 10.1. The van der Waals surface area contributed by atoms with Crippen LogP contribution < -0.4 is 5.43 Å². The van der Waals surface area contributed by atoms with Gasteiger partial charge in [0.1, 0.15) is 0 Å². The zero-order valence-electron chi connectivity index (χ0n) is 13.9. The molecule has 0 saturated carbocycles. The number of pyridine rings is 1. The Bertz CT molecular complexity index is 807. The minimum atomic E-state index is 0.814. The molecule has 0 aliphatic rings. The van der Waals surface area contributed by atoms with Gasteiger partial charge in [0, 0.05) is 28.4 Å². The minimum Gasteiger partial charge on any atom is -0.264 e. The summed E-state index contributed by atoms with van der Waals surface area (Å²) < 4.78 is 0. The second-order valence-corrected chi connectivity index (χ2v) is 6.65. The van der Waals surface area contributed by atoms with Crippen LogP contribution in [0.3, 0.4) is 0 Å². The van der Waals surface area contributed by atoms with Crippen molar-refractivity contribution in [3.05, 3.63) is 64.8 Å². The fraction of sp³-hybridized carbons (Fsp3) is 0.211. The van der Waals surface area contributed by atoms with Gasteiger partial charge in [-0.05, 0) is 19.4 Å². The lowest BCUT2D eigenvalue weighted by Crippen LogP contribution is -1.90. The second-order valence-electron chi connectivity index (χ2n) is 5.56. The fourth-order valence-electron chi connectivity index (χ4n) is 2.35. The number of benzene rings is 1. The first-order valence-electron chi connectivity index (χ1n) is 8.02. The Morgan fingerprint density at radius 3 is 2.75 bits per heavy atom. The van der Waals surface area contributed by atoms with Gasteiger partial charge in [-0.15, -0.1) is 0 Å². The van der Waals surface area contributed by atoms with Gasteiger partial charge in [-0.3, -0.25) is 10.4 Å². The second kappa shape index (κ2) is 7.84. The molecule has 0 atom stereocenters. The molecule has 5 heteroatoms. The minimum absolute atomic E-state index is 0.814. The third-order valence-corrected chi connectivity index (χ3v) is 4.58. The highest BCUT2D eigenvalue weighted by Crippen LogP contribution is 2.32. The van der Waals surface area contributed by atoms with Gasteiger partial charge in [-0.1, -0.05) is 60.6 Å². The fourth-order valence-corrected chi connectivity index (χ4v) is 3.38. The van der Waals surface area contributed by atoms with Crippen LogP contribution >= 0.6 is 11.3 Å². The number of hydrogen-bond acceptors (Lipinski definition) is 5. The summed E-state index contributed by atoms with van der Waals surface area (Å²) in [7, 11) is 0. The molecule has 0 aliphatic heterocycles. The maximum Gasteiger partial charge on any atom is 0.204 e. The van der Waals surface area contributed by atoms with E-state index >= 15 is 0 Å². The maximum absolute atomic E-state index is 4.74. The lowest BCUT2D eigenvalue weighted by Gasteiger charge is -2.01. The molecule has 0 radical (unpaired) electrons. The predicted octanol–water partition coefficient (Wildman–Crippen LogP) is 4.91. The summed E-state index contributed by atoms with van der Waals surface area (Å²) in [5, 5.41) is 5.08. The standard InChI is InChI=1S/C19H20N4S/c1-3-5-17-18(16-9-7-14(2)8-10-16)22-19(24-17)23-21-13-15-6-4-11-20-12-15/h4,6-13H,3,5H2,1-2H3,(H,22,23). The zero-order valence-corrected chi connectivity index (χ0v) is 14.7. The van der Waals surface area contributed by atoms with Crippen LogP contribution in [-0.4, -0.2) is 16.2 Å². The molecular weight excluding hydrogens is 316 g/mol. The third kappa shape index (κ3) is 4.06. The van der Waals surface area contributed by atoms with Crippen molar-refractivity contribution in [3.63, 3.8) is 0 Å². The maximum atomic E-state index is 4.74. The van der Waals surface area contributed by atoms with E-state index in [2.05, 4.69) is 53.6 Å². The van der Waals surface area contributed by atoms with E-state index in [9.17, 15) is 0 Å². The first kappa shape index (κ1) is 16.3. The van der Waals surface area contributed by atoms with Crippen LogP contribution in [0.25, 0.3) is 11.3 Å². The summed E-state index contributed by atoms with van der Waals surface area (Å²) >= 11 is 1.67. The average Bonchev–Trinajstić information content (AvgIpc) is 3.00. The van der Waals surface area contributed by atoms with Gasteiger partial charge in [0.05, 0.1) is 11.9 Å². The molecule has 0 bridgehead atoms. The number of aromatic nitrogens is 2. The van der Waals surface area contributed by atoms with Crippen LogP contribution in [0.4, 0.5) is 5.13 Å². The van der Waals surface area contributed by atoms with Gasteiger partial charge in [0.25, 0.3) is 0 Å². The van der Waals surface area contributed by atoms with Crippen molar-refractivity contribution >= 4 is 22.7 Å². The summed E-state index contributed by atoms with van der Waals surface area (Å²) in [5.74, 6) is 0. The van der Waals surface area contributed by atoms with E-state index in [4.69, 9.17) is 4.98 Å². The predicted molar refractivity (Wildman–Crippen MR) is 102 cm³/mol. The Morgan fingerprint density at radius 2 is 2.04 bits per heavy atom. The van der Waals surface area contributed by atoms with Gasteiger partial charge in [-0.25, -0.2) is 4.98 Å². The molecule has 3 aromatic rings. The van der Waals surface area contributed by atoms with Crippen LogP contribution in [0, 0.1) is 6.92 Å². The number of hydrazone groups is 1. The van der Waals surface area contributed by atoms with Crippen molar-refractivity contribution in [3.8, 4) is 11.3 Å². The molecule has 0 aliphatic carbocycles. The first-order chi connectivity index (χ1) is 11.8. The topological polar surface area (TPSA) is 50.2 Å². The van der Waals surface area contributed by atoms with Crippen LogP contribution in [-0.2, 0) is 6.42 Å². The summed E-state index contributed by atoms with van der Waals surface area (Å²) in [6.45, 7) is 4.28. The summed E-state index contributed by atoms with van der Waals surface area (Å²) in [6, 6.07) is 12.4. The molecule has 2 aromatic heterocycles. The van der Waals surface area contributed by atoms with Gasteiger partial charge in [-0.2, -0.15) is 5.10 Å². The van der Waals surface area contributed by atoms with Gasteiger partial charge in [0.15, 0.2) is 0 Å². The molecule has 1 N–H and O–H groups in total. The molecular formula is C19H20N4S. The largest absolute Gasteiger partial charge is 0.264 e. The van der Waals surface area contributed by atoms with Crippen molar-refractivity contribution in [2.24, 2.45) is 5.10 Å². The first-order valence-corrected chi connectivity index (χ1v) is 8.83. The Morgan fingerprint density at radius 1 is 1.21 bits per heavy atom. The lowest BCUT2D eigenvalue weighted by atomic mass is 10.1. The number of thiazole rings is 1. The van der Waals surface area contributed by atoms with E-state index < -0.39 is 0 Å². The Hall–Kier alpha value is -2.53. The van der Waals surface area contributed by atoms with Crippen LogP contribution in [0.2, 0.25) is 0 Å². The van der Waals surface area contributed by atoms with Crippen LogP contribution in [0.15, 0.2) is 53.9 Å². The SMILES string of the molecule is CCCc1sc(NN=Cc2cccnc2)nc1-c1ccc(C)cc1. The van der Waals surface area contributed by atoms with E-state index in [0.717, 1.165) is 34.8 Å². The van der Waals surface area contributed by atoms with E-state index in [0.29, 0.717) is 0 Å². The Balaban J connectivity index is 1.80. The zero-order chi connectivity index (χ0) is 16.8. The molecule has 0 unspecified atom stereocenters. The van der Waals surface area contributed by atoms with E-state index in [1.807, 2.05) is 12.1 Å². The third-order valence-electron chi connectivity index (χ3n) is 3.56. The molecule has 24 heavy (non-hydrogen) atoms. The highest BCUT2D eigenvalue weighted by molar-refractivity contribution is 7.16. The Labute approximate surface area is 146 Å². The van der Waals surface area contributed by atoms with Crippen molar-refractivity contribution in [2.45, 2.75) is 26.7 Å². The average molecular weight is 336 g/mol. The van der Waals surface area contributed by atoms with Gasteiger partial charge in [0.2, 0.25) is 5.13 Å². The monoisotopic (exact) mass is 336 g/mol. The number of hydrogen-bond donors (Lipinski definition) is 1. The molecule has 4 nitrogen and oxygen atoms in total. The van der Waals surface area contributed by atoms with Crippen molar-refractivity contribution in [2.75, 3.05) is 5.43 Å². The highest BCUT2D eigenvalue weighted by Gasteiger charge is 2.12. The molecule has 0 amide bonds. The van der Waals surface area contributed by atoms with Crippen molar-refractivity contribution in [1.29, 1.82) is 0 Å². The van der Waals surface area contributed by atoms with E-state index in [1.165, 1.54) is 10.4 Å². The number of rotatable bonds is 6. The molecule has 0 fully saturated rings. The lowest BCUT2D eigenvalue weighted by molar-refractivity contribution is 0.938. The number of aryl methyl sites for hydroxylation is 2. The van der Waals surface area contributed by atoms with Gasteiger partial charge < -0.3 is 0 Å². The number of nitrogens with one attached hydrogen (secondary N) is 1. The molecule has 122 valence electrons. The summed E-state index contributed by atoms with van der Waals surface area (Å²) in [5.41, 5.74) is 7.46. The molecule has 0 saturated heterocycles. The van der Waals surface area contributed by atoms with Crippen LogP contribution in [0.5, 0.6) is 0 Å². The van der Waals surface area contributed by atoms with E-state index in [1.54, 1.807) is 29.9 Å². The van der Waals surface area contributed by atoms with E-state index in [-0.39, 0.29) is 0 Å². The molecule has 2 heterocycles. The normalized spacial score (nSPS) is 11.1. The van der Waals surface area contributed by atoms with Crippen molar-refractivity contribution < 1.29 is 0 Å². The smallest absolute Gasteiger partial charge is 0.204 e. The molecule has 0 spiro atoms. The Kier molecular flexibility index (Phi) is 5.33. The highest BCUT2D eigenvalue weighted by atomic mass is 32.1. The van der Waals surface area contributed by atoms with Crippen molar-refractivity contribution in [1.82, 2.24) is 9.97 Å².